The molecule has 0 aromatic heterocycles. The fraction of sp³-hybridized carbons (Fsp3) is 0.267. The summed E-state index contributed by atoms with van der Waals surface area (Å²) >= 11 is 0. The van der Waals surface area contributed by atoms with Crippen LogP contribution in [0.25, 0.3) is 5.70 Å². The molecule has 108 valence electrons. The Morgan fingerprint density at radius 2 is 2.05 bits per heavy atom. The average Bonchev–Trinajstić information content (AvgIpc) is 2.45. The Morgan fingerprint density at radius 3 is 2.55 bits per heavy atom. The average molecular weight is 274 g/mol. The topological polar surface area (TPSA) is 87.9 Å². The maximum Gasteiger partial charge on any atom is 0.0803 e. The molecular formula is C15H22N4O. The number of aliphatic hydroxyl groups is 1. The molecule has 1 atom stereocenters. The highest BCUT2D eigenvalue weighted by atomic mass is 16.3. The highest BCUT2D eigenvalue weighted by Crippen LogP contribution is 2.16. The number of benzene rings is 1. The second-order valence-corrected chi connectivity index (χ2v) is 4.46. The summed E-state index contributed by atoms with van der Waals surface area (Å²) in [6.07, 6.45) is 2.87. The minimum absolute atomic E-state index is 0.202. The molecule has 5 N–H and O–H groups in total. The van der Waals surface area contributed by atoms with Crippen LogP contribution in [-0.2, 0) is 6.54 Å². The molecule has 5 nitrogen and oxygen atoms in total. The van der Waals surface area contributed by atoms with E-state index in [1.165, 1.54) is 0 Å². The molecule has 0 aliphatic heterocycles. The molecule has 1 aromatic rings. The largest absolute Gasteiger partial charge is 0.390 e. The number of hydrogen-bond donors (Lipinski definition) is 3. The second kappa shape index (κ2) is 8.39. The van der Waals surface area contributed by atoms with Gasteiger partial charge < -0.3 is 10.8 Å². The van der Waals surface area contributed by atoms with Crippen LogP contribution in [0.2, 0.25) is 0 Å². The van der Waals surface area contributed by atoms with Gasteiger partial charge in [-0.15, -0.1) is 0 Å². The molecule has 0 saturated carbocycles. The van der Waals surface area contributed by atoms with Crippen LogP contribution in [0.15, 0.2) is 48.0 Å². The van der Waals surface area contributed by atoms with Crippen molar-refractivity contribution >= 4 is 12.4 Å². The van der Waals surface area contributed by atoms with Crippen LogP contribution in [0.3, 0.4) is 0 Å². The Morgan fingerprint density at radius 1 is 1.40 bits per heavy atom. The lowest BCUT2D eigenvalue weighted by molar-refractivity contribution is 0.115. The van der Waals surface area contributed by atoms with Crippen LogP contribution in [0.4, 0.5) is 0 Å². The van der Waals surface area contributed by atoms with Gasteiger partial charge in [0, 0.05) is 25.2 Å². The minimum atomic E-state index is -0.605. The predicted molar refractivity (Wildman–Crippen MR) is 83.8 cm³/mol. The lowest BCUT2D eigenvalue weighted by Gasteiger charge is -2.19. The molecule has 0 amide bonds. The molecule has 0 fully saturated rings. The molecule has 1 aromatic carbocycles. The molecule has 0 spiro atoms. The zero-order valence-corrected chi connectivity index (χ0v) is 11.6. The standard InChI is InChI=1S/C15H22N4O/c1-3-4-15(18-2)13-7-5-12(6-8-13)10-19(17)11-14(20)9-16/h3-8,14,20H,1-2,9-11,16-17H2/b15-4-. The fourth-order valence-corrected chi connectivity index (χ4v) is 1.78. The van der Waals surface area contributed by atoms with Gasteiger partial charge in [0.15, 0.2) is 0 Å². The first-order valence-corrected chi connectivity index (χ1v) is 6.37. The zero-order valence-electron chi connectivity index (χ0n) is 11.6. The Balaban J connectivity index is 2.69. The molecule has 0 aliphatic carbocycles. The number of hydrazine groups is 1. The number of rotatable bonds is 8. The molecule has 0 heterocycles. The summed E-state index contributed by atoms with van der Waals surface area (Å²) in [5.74, 6) is 5.82. The number of aliphatic hydroxyl groups excluding tert-OH is 1. The van der Waals surface area contributed by atoms with Crippen LogP contribution in [0.5, 0.6) is 0 Å². The second-order valence-electron chi connectivity index (χ2n) is 4.46. The highest BCUT2D eigenvalue weighted by molar-refractivity contribution is 5.69. The molecule has 0 bridgehead atoms. The fourth-order valence-electron chi connectivity index (χ4n) is 1.78. The Kier molecular flexibility index (Phi) is 6.83. The van der Waals surface area contributed by atoms with Crippen molar-refractivity contribution in [2.45, 2.75) is 12.6 Å². The SMILES string of the molecule is C=C/C=C(\N=C)c1ccc(CN(N)CC(O)CN)cc1. The number of allylic oxidation sites excluding steroid dienone is 2. The summed E-state index contributed by atoms with van der Waals surface area (Å²) in [5.41, 5.74) is 8.13. The van der Waals surface area contributed by atoms with Crippen LogP contribution >= 0.6 is 0 Å². The maximum atomic E-state index is 9.43. The van der Waals surface area contributed by atoms with Crippen molar-refractivity contribution in [1.82, 2.24) is 5.01 Å². The van der Waals surface area contributed by atoms with Gasteiger partial charge in [0.25, 0.3) is 0 Å². The van der Waals surface area contributed by atoms with Gasteiger partial charge in [-0.3, -0.25) is 10.8 Å². The van der Waals surface area contributed by atoms with Crippen molar-refractivity contribution in [3.63, 3.8) is 0 Å². The van der Waals surface area contributed by atoms with E-state index in [2.05, 4.69) is 18.3 Å². The summed E-state index contributed by atoms with van der Waals surface area (Å²) in [6.45, 7) is 8.26. The van der Waals surface area contributed by atoms with Crippen LogP contribution in [-0.4, -0.2) is 36.0 Å². The summed E-state index contributed by atoms with van der Waals surface area (Å²) in [7, 11) is 0. The van der Waals surface area contributed by atoms with Crippen molar-refractivity contribution in [2.24, 2.45) is 16.6 Å². The van der Waals surface area contributed by atoms with E-state index >= 15 is 0 Å². The lowest BCUT2D eigenvalue weighted by Crippen LogP contribution is -2.40. The third-order valence-electron chi connectivity index (χ3n) is 2.80. The van der Waals surface area contributed by atoms with E-state index in [1.807, 2.05) is 24.3 Å². The van der Waals surface area contributed by atoms with Gasteiger partial charge in [-0.05, 0) is 18.4 Å². The van der Waals surface area contributed by atoms with Gasteiger partial charge in [-0.1, -0.05) is 36.9 Å². The smallest absolute Gasteiger partial charge is 0.0803 e. The highest BCUT2D eigenvalue weighted by Gasteiger charge is 2.07. The lowest BCUT2D eigenvalue weighted by atomic mass is 10.1. The van der Waals surface area contributed by atoms with Crippen molar-refractivity contribution in [1.29, 1.82) is 0 Å². The Labute approximate surface area is 119 Å². The molecule has 0 radical (unpaired) electrons. The van der Waals surface area contributed by atoms with Crippen molar-refractivity contribution in [3.8, 4) is 0 Å². The number of aliphatic imine (C=N–C) groups is 1. The predicted octanol–water partition coefficient (Wildman–Crippen LogP) is 0.909. The quantitative estimate of drug-likeness (QED) is 0.284. The summed E-state index contributed by atoms with van der Waals surface area (Å²) < 4.78 is 0. The van der Waals surface area contributed by atoms with Gasteiger partial charge in [-0.25, -0.2) is 5.01 Å². The van der Waals surface area contributed by atoms with Crippen molar-refractivity contribution in [2.75, 3.05) is 13.1 Å². The van der Waals surface area contributed by atoms with Crippen LogP contribution in [0, 0.1) is 0 Å². The monoisotopic (exact) mass is 274 g/mol. The first kappa shape index (κ1) is 16.3. The van der Waals surface area contributed by atoms with E-state index in [0.29, 0.717) is 13.1 Å². The molecular weight excluding hydrogens is 252 g/mol. The molecule has 1 rings (SSSR count). The van der Waals surface area contributed by atoms with Gasteiger partial charge >= 0.3 is 0 Å². The van der Waals surface area contributed by atoms with E-state index < -0.39 is 6.10 Å². The maximum absolute atomic E-state index is 9.43. The van der Waals surface area contributed by atoms with Gasteiger partial charge in [-0.2, -0.15) is 0 Å². The van der Waals surface area contributed by atoms with Gasteiger partial charge in [0.05, 0.1) is 11.8 Å². The third kappa shape index (κ3) is 5.07. The number of nitrogens with zero attached hydrogens (tertiary/aromatic N) is 2. The number of nitrogens with two attached hydrogens (primary N) is 2. The molecule has 1 unspecified atom stereocenters. The molecule has 5 heteroatoms. The molecule has 0 aliphatic rings. The van der Waals surface area contributed by atoms with E-state index in [1.54, 1.807) is 17.2 Å². The molecule has 20 heavy (non-hydrogen) atoms. The van der Waals surface area contributed by atoms with E-state index in [9.17, 15) is 5.11 Å². The van der Waals surface area contributed by atoms with Crippen LogP contribution < -0.4 is 11.6 Å². The van der Waals surface area contributed by atoms with E-state index in [-0.39, 0.29) is 6.54 Å². The summed E-state index contributed by atoms with van der Waals surface area (Å²) in [4.78, 5) is 3.95. The summed E-state index contributed by atoms with van der Waals surface area (Å²) in [6, 6.07) is 7.83. The number of hydrogen-bond acceptors (Lipinski definition) is 5. The van der Waals surface area contributed by atoms with E-state index in [0.717, 1.165) is 16.8 Å². The van der Waals surface area contributed by atoms with Crippen molar-refractivity contribution < 1.29 is 5.11 Å². The van der Waals surface area contributed by atoms with Crippen LogP contribution in [0.1, 0.15) is 11.1 Å². The first-order valence-electron chi connectivity index (χ1n) is 6.37. The zero-order chi connectivity index (χ0) is 15.0. The van der Waals surface area contributed by atoms with Gasteiger partial charge in [0.2, 0.25) is 0 Å². The summed E-state index contributed by atoms with van der Waals surface area (Å²) in [5, 5.41) is 11.0. The van der Waals surface area contributed by atoms with Crippen molar-refractivity contribution in [3.05, 3.63) is 54.1 Å². The normalized spacial score (nSPS) is 13.3. The van der Waals surface area contributed by atoms with Gasteiger partial charge in [0.1, 0.15) is 0 Å². The minimum Gasteiger partial charge on any atom is -0.390 e. The Bertz CT molecular complexity index is 467. The Hall–Kier alpha value is -1.79. The van der Waals surface area contributed by atoms with E-state index in [4.69, 9.17) is 11.6 Å². The third-order valence-corrected chi connectivity index (χ3v) is 2.80. The first-order chi connectivity index (χ1) is 9.60. The molecule has 0 saturated heterocycles.